The van der Waals surface area contributed by atoms with E-state index in [1.807, 2.05) is 0 Å². The van der Waals surface area contributed by atoms with Crippen LogP contribution in [0.25, 0.3) is 0 Å². The van der Waals surface area contributed by atoms with Crippen LogP contribution in [0.4, 0.5) is 13.6 Å². The van der Waals surface area contributed by atoms with E-state index in [0.29, 0.717) is 18.4 Å². The van der Waals surface area contributed by atoms with Crippen molar-refractivity contribution in [3.63, 3.8) is 0 Å². The Morgan fingerprint density at radius 1 is 1.27 bits per heavy atom. The fraction of sp³-hybridized carbons (Fsp3) is 0.350. The van der Waals surface area contributed by atoms with E-state index in [1.165, 1.54) is 29.3 Å². The number of H-pyrrole nitrogens is 1. The maximum absolute atomic E-state index is 13.4. The number of hydrogen-bond acceptors (Lipinski definition) is 5. The Hall–Kier alpha value is -3.61. The summed E-state index contributed by atoms with van der Waals surface area (Å²) >= 11 is 0. The number of nitriles is 1. The maximum Gasteiger partial charge on any atom is 0.323 e. The van der Waals surface area contributed by atoms with Gasteiger partial charge in [0.2, 0.25) is 5.82 Å². The Labute approximate surface area is 171 Å². The quantitative estimate of drug-likeness (QED) is 0.698. The second-order valence-electron chi connectivity index (χ2n) is 7.05. The molecule has 1 saturated carbocycles. The lowest BCUT2D eigenvalue weighted by Crippen LogP contribution is -2.48. The number of aromatic amines is 1. The molecule has 2 aromatic rings. The predicted octanol–water partition coefficient (Wildman–Crippen LogP) is 2.98. The molecule has 0 spiro atoms. The van der Waals surface area contributed by atoms with Crippen molar-refractivity contribution in [1.29, 1.82) is 10.7 Å². The number of carbonyl (C=O) groups is 1. The SMILES string of the molecule is N#Cc1nccc(=O)[nH]1.N=C1CC[C@@H](c2cc(F)cc(F)c2)N1C(=O)NC1CCC1. The summed E-state index contributed by atoms with van der Waals surface area (Å²) in [5, 5.41) is 19.0. The number of benzene rings is 1. The second-order valence-corrected chi connectivity index (χ2v) is 7.05. The van der Waals surface area contributed by atoms with Crippen LogP contribution in [0.15, 0.2) is 35.3 Å². The normalized spacial score (nSPS) is 18.1. The Kier molecular flexibility index (Phi) is 6.51. The zero-order valence-electron chi connectivity index (χ0n) is 16.0. The number of amidine groups is 1. The molecule has 1 aromatic carbocycles. The molecule has 2 aliphatic rings. The van der Waals surface area contributed by atoms with Gasteiger partial charge in [0.05, 0.1) is 6.04 Å². The summed E-state index contributed by atoms with van der Waals surface area (Å²) in [4.78, 5) is 29.8. The monoisotopic (exact) mass is 414 g/mol. The smallest absolute Gasteiger partial charge is 0.323 e. The highest BCUT2D eigenvalue weighted by Crippen LogP contribution is 2.34. The molecule has 3 N–H and O–H groups in total. The van der Waals surface area contributed by atoms with Crippen LogP contribution < -0.4 is 10.9 Å². The summed E-state index contributed by atoms with van der Waals surface area (Å²) in [6.07, 6.45) is 5.23. The van der Waals surface area contributed by atoms with E-state index >= 15 is 0 Å². The van der Waals surface area contributed by atoms with Crippen LogP contribution in [0.1, 0.15) is 49.5 Å². The molecule has 1 aliphatic heterocycles. The number of nitrogens with zero attached hydrogens (tertiary/aromatic N) is 3. The van der Waals surface area contributed by atoms with E-state index in [1.54, 1.807) is 6.07 Å². The van der Waals surface area contributed by atoms with Crippen LogP contribution in [0.2, 0.25) is 0 Å². The van der Waals surface area contributed by atoms with Crippen molar-refractivity contribution in [2.24, 2.45) is 0 Å². The molecule has 0 unspecified atom stereocenters. The fourth-order valence-corrected chi connectivity index (χ4v) is 3.28. The molecule has 10 heteroatoms. The van der Waals surface area contributed by atoms with Gasteiger partial charge in [-0.1, -0.05) is 0 Å². The summed E-state index contributed by atoms with van der Waals surface area (Å²) in [6.45, 7) is 0. The number of rotatable bonds is 2. The predicted molar refractivity (Wildman–Crippen MR) is 104 cm³/mol. The number of nitrogens with one attached hydrogen (secondary N) is 3. The number of hydrogen-bond donors (Lipinski definition) is 3. The highest BCUT2D eigenvalue weighted by molar-refractivity contribution is 5.98. The molecule has 1 saturated heterocycles. The van der Waals surface area contributed by atoms with Crippen molar-refractivity contribution in [3.05, 3.63) is 63.8 Å². The van der Waals surface area contributed by atoms with E-state index in [0.717, 1.165) is 25.3 Å². The van der Waals surface area contributed by atoms with Crippen molar-refractivity contribution in [1.82, 2.24) is 20.2 Å². The van der Waals surface area contributed by atoms with Crippen LogP contribution in [0.3, 0.4) is 0 Å². The largest absolute Gasteiger partial charge is 0.335 e. The zero-order valence-corrected chi connectivity index (χ0v) is 16.0. The Balaban J connectivity index is 0.000000239. The van der Waals surface area contributed by atoms with Crippen molar-refractivity contribution in [2.75, 3.05) is 0 Å². The molecule has 0 bridgehead atoms. The molecule has 2 fully saturated rings. The van der Waals surface area contributed by atoms with Gasteiger partial charge >= 0.3 is 6.03 Å². The summed E-state index contributed by atoms with van der Waals surface area (Å²) in [7, 11) is 0. The second kappa shape index (κ2) is 9.26. The van der Waals surface area contributed by atoms with E-state index in [-0.39, 0.29) is 29.3 Å². The van der Waals surface area contributed by atoms with Crippen molar-refractivity contribution in [2.45, 2.75) is 44.2 Å². The molecule has 0 radical (unpaired) electrons. The van der Waals surface area contributed by atoms with E-state index < -0.39 is 17.7 Å². The van der Waals surface area contributed by atoms with Gasteiger partial charge in [0.1, 0.15) is 23.5 Å². The lowest BCUT2D eigenvalue weighted by molar-refractivity contribution is 0.200. The molecule has 2 amide bonds. The first-order valence-electron chi connectivity index (χ1n) is 9.46. The average Bonchev–Trinajstić information content (AvgIpc) is 3.06. The molecule has 156 valence electrons. The molecule has 8 nitrogen and oxygen atoms in total. The van der Waals surface area contributed by atoms with Gasteiger partial charge in [-0.3, -0.25) is 20.1 Å². The number of aromatic nitrogens is 2. The Morgan fingerprint density at radius 3 is 2.50 bits per heavy atom. The van der Waals surface area contributed by atoms with Gasteiger partial charge in [0.25, 0.3) is 5.56 Å². The Bertz CT molecular complexity index is 1020. The minimum absolute atomic E-state index is 0.0440. The first-order chi connectivity index (χ1) is 14.4. The van der Waals surface area contributed by atoms with Crippen molar-refractivity contribution < 1.29 is 13.6 Å². The van der Waals surface area contributed by atoms with Crippen LogP contribution in [0.5, 0.6) is 0 Å². The minimum atomic E-state index is -0.664. The average molecular weight is 414 g/mol. The van der Waals surface area contributed by atoms with E-state index in [4.69, 9.17) is 10.7 Å². The molecule has 1 atom stereocenters. The summed E-state index contributed by atoms with van der Waals surface area (Å²) in [6, 6.07) is 5.58. The van der Waals surface area contributed by atoms with Crippen LogP contribution in [-0.4, -0.2) is 32.8 Å². The van der Waals surface area contributed by atoms with Crippen LogP contribution in [-0.2, 0) is 0 Å². The van der Waals surface area contributed by atoms with E-state index in [9.17, 15) is 18.4 Å². The highest BCUT2D eigenvalue weighted by Gasteiger charge is 2.36. The van der Waals surface area contributed by atoms with Crippen molar-refractivity contribution in [3.8, 4) is 6.07 Å². The zero-order chi connectivity index (χ0) is 21.7. The molecule has 1 aliphatic carbocycles. The summed E-state index contributed by atoms with van der Waals surface area (Å²) in [5.41, 5.74) is 0.0973. The van der Waals surface area contributed by atoms with Gasteiger partial charge in [-0.15, -0.1) is 0 Å². The molecule has 4 rings (SSSR count). The van der Waals surface area contributed by atoms with E-state index in [2.05, 4.69) is 15.3 Å². The number of halogens is 2. The minimum Gasteiger partial charge on any atom is -0.335 e. The third-order valence-electron chi connectivity index (χ3n) is 4.96. The lowest BCUT2D eigenvalue weighted by atomic mass is 9.93. The first-order valence-corrected chi connectivity index (χ1v) is 9.46. The number of amides is 2. The molecule has 1 aromatic heterocycles. The fourth-order valence-electron chi connectivity index (χ4n) is 3.28. The standard InChI is InChI=1S/C15H17F2N3O.C5H3N3O/c16-10-6-9(7-11(17)8-10)13-4-5-14(18)20(13)15(21)19-12-2-1-3-12;6-3-4-7-2-1-5(9)8-4/h6-8,12-13,18H,1-5H2,(H,19,21);1-2H,(H,7,8,9)/t13-;/m0./s1. The first kappa shape index (κ1) is 21.1. The van der Waals surface area contributed by atoms with Gasteiger partial charge in [-0.05, 0) is 43.4 Å². The van der Waals surface area contributed by atoms with Gasteiger partial charge in [-0.25, -0.2) is 18.6 Å². The van der Waals surface area contributed by atoms with Crippen LogP contribution >= 0.6 is 0 Å². The Morgan fingerprint density at radius 2 is 1.97 bits per heavy atom. The number of carbonyl (C=O) groups excluding carboxylic acids is 1. The number of likely N-dealkylation sites (tertiary alicyclic amines) is 1. The van der Waals surface area contributed by atoms with Gasteiger partial charge < -0.3 is 5.32 Å². The lowest BCUT2D eigenvalue weighted by Gasteiger charge is -2.31. The molecule has 2 heterocycles. The van der Waals surface area contributed by atoms with Crippen molar-refractivity contribution >= 4 is 11.9 Å². The summed E-state index contributed by atoms with van der Waals surface area (Å²) in [5.74, 6) is -1.09. The third kappa shape index (κ3) is 5.05. The van der Waals surface area contributed by atoms with Gasteiger partial charge in [-0.2, -0.15) is 5.26 Å². The molecular weight excluding hydrogens is 394 g/mol. The number of urea groups is 1. The topological polar surface area (TPSA) is 126 Å². The highest BCUT2D eigenvalue weighted by atomic mass is 19.1. The maximum atomic E-state index is 13.4. The third-order valence-corrected chi connectivity index (χ3v) is 4.96. The van der Waals surface area contributed by atoms with Gasteiger partial charge in [0, 0.05) is 30.8 Å². The summed E-state index contributed by atoms with van der Waals surface area (Å²) < 4.78 is 26.7. The van der Waals surface area contributed by atoms with Gasteiger partial charge in [0.15, 0.2) is 0 Å². The molecular formula is C20H20F2N6O2. The molecule has 30 heavy (non-hydrogen) atoms. The van der Waals surface area contributed by atoms with Crippen LogP contribution in [0, 0.1) is 28.4 Å².